The van der Waals surface area contributed by atoms with E-state index in [-0.39, 0.29) is 0 Å². The topological polar surface area (TPSA) is 28.0 Å². The van der Waals surface area contributed by atoms with E-state index in [4.69, 9.17) is 0 Å². The summed E-state index contributed by atoms with van der Waals surface area (Å²) >= 11 is 0. The van der Waals surface area contributed by atoms with Gasteiger partial charge in [0.2, 0.25) is 11.4 Å². The Morgan fingerprint density at radius 2 is 1.79 bits per heavy atom. The molecule has 0 spiro atoms. The first kappa shape index (κ1) is 21.6. The third kappa shape index (κ3) is 3.70. The first-order valence-electron chi connectivity index (χ1n) is 12.1. The first-order chi connectivity index (χ1) is 15.8. The van der Waals surface area contributed by atoms with Crippen molar-refractivity contribution in [2.75, 3.05) is 0 Å². The van der Waals surface area contributed by atoms with Crippen molar-refractivity contribution in [2.45, 2.75) is 65.3 Å². The van der Waals surface area contributed by atoms with E-state index in [1.54, 1.807) is 0 Å². The van der Waals surface area contributed by atoms with Gasteiger partial charge in [0.05, 0.1) is 17.8 Å². The summed E-state index contributed by atoms with van der Waals surface area (Å²) in [6.45, 7) is 12.9. The maximum atomic E-state index is 10.6. The van der Waals surface area contributed by atoms with E-state index in [1.165, 1.54) is 33.5 Å². The van der Waals surface area contributed by atoms with E-state index in [0.29, 0.717) is 17.7 Å². The number of aromatic nitrogens is 2. The molecule has 3 nitrogen and oxygen atoms in total. The van der Waals surface area contributed by atoms with Crippen LogP contribution in [-0.2, 0) is 0 Å². The molecule has 2 aliphatic rings. The van der Waals surface area contributed by atoms with Crippen LogP contribution in [0.15, 0.2) is 67.2 Å². The molecule has 0 fully saturated rings. The lowest BCUT2D eigenvalue weighted by atomic mass is 9.77. The van der Waals surface area contributed by atoms with Crippen LogP contribution in [0.5, 0.6) is 0 Å². The van der Waals surface area contributed by atoms with Crippen molar-refractivity contribution in [3.63, 3.8) is 0 Å². The van der Waals surface area contributed by atoms with Gasteiger partial charge in [0.25, 0.3) is 0 Å². The second kappa shape index (κ2) is 8.30. The molecule has 3 heteroatoms. The average Bonchev–Trinajstić information content (AvgIpc) is 2.79. The monoisotopic (exact) mass is 438 g/mol. The van der Waals surface area contributed by atoms with Crippen molar-refractivity contribution in [1.82, 2.24) is 0 Å². The molecule has 2 atom stereocenters. The quantitative estimate of drug-likeness (QED) is 0.314. The van der Waals surface area contributed by atoms with E-state index >= 15 is 0 Å². The number of pyridine rings is 2. The first-order valence-corrected chi connectivity index (χ1v) is 12.1. The molecule has 0 saturated heterocycles. The molecule has 0 saturated carbocycles. The molecule has 2 unspecified atom stereocenters. The minimum atomic E-state index is 0.310. The lowest BCUT2D eigenvalue weighted by molar-refractivity contribution is -0.720. The summed E-state index contributed by atoms with van der Waals surface area (Å²) < 4.78 is 4.74. The predicted molar refractivity (Wildman–Crippen MR) is 134 cm³/mol. The Balaban J connectivity index is 1.71. The highest BCUT2D eigenvalue weighted by Crippen LogP contribution is 2.44. The number of aliphatic hydroxyl groups excluding tert-OH is 1. The Hall–Kier alpha value is -3.20. The van der Waals surface area contributed by atoms with Crippen LogP contribution in [0.2, 0.25) is 0 Å². The molecule has 1 N–H and O–H groups in total. The van der Waals surface area contributed by atoms with Gasteiger partial charge in [0.1, 0.15) is 0 Å². The molecule has 0 amide bonds. The molecule has 0 radical (unpaired) electrons. The van der Waals surface area contributed by atoms with Crippen molar-refractivity contribution >= 4 is 11.3 Å². The molecule has 4 heterocycles. The van der Waals surface area contributed by atoms with E-state index in [9.17, 15) is 5.11 Å². The van der Waals surface area contributed by atoms with Gasteiger partial charge in [0.15, 0.2) is 24.1 Å². The fraction of sp³-hybridized carbons (Fsp3) is 0.333. The maximum absolute atomic E-state index is 10.6. The minimum absolute atomic E-state index is 0.310. The van der Waals surface area contributed by atoms with Crippen LogP contribution in [0.1, 0.15) is 72.5 Å². The Labute approximate surface area is 197 Å². The van der Waals surface area contributed by atoms with Crippen molar-refractivity contribution in [1.29, 1.82) is 0 Å². The number of aryl methyl sites for hydroxylation is 3. The molecule has 2 aliphatic heterocycles. The van der Waals surface area contributed by atoms with Crippen LogP contribution < -0.4 is 9.13 Å². The van der Waals surface area contributed by atoms with Crippen molar-refractivity contribution in [3.05, 3.63) is 95.1 Å². The second-order valence-electron chi connectivity index (χ2n) is 9.88. The summed E-state index contributed by atoms with van der Waals surface area (Å²) in [6.07, 6.45) is 8.34. The van der Waals surface area contributed by atoms with Gasteiger partial charge in [-0.25, -0.2) is 0 Å². The SMILES string of the molecule is C=C1CC2C(CCC/C(=C(\C)O)c3cc(C)c(C)c[n+]31)c1ccccc1-c1ccc(C)c[n+]12. The molecule has 168 valence electrons. The molecular weight excluding hydrogens is 404 g/mol. The van der Waals surface area contributed by atoms with Gasteiger partial charge in [-0.15, -0.1) is 0 Å². The smallest absolute Gasteiger partial charge is 0.217 e. The fourth-order valence-electron chi connectivity index (χ4n) is 5.76. The highest BCUT2D eigenvalue weighted by Gasteiger charge is 2.42. The number of aliphatic hydroxyl groups is 1. The minimum Gasteiger partial charge on any atom is -0.512 e. The van der Waals surface area contributed by atoms with Gasteiger partial charge in [-0.1, -0.05) is 18.2 Å². The summed E-state index contributed by atoms with van der Waals surface area (Å²) in [6, 6.07) is 15.9. The van der Waals surface area contributed by atoms with Crippen LogP contribution in [0.25, 0.3) is 22.5 Å². The van der Waals surface area contributed by atoms with Crippen LogP contribution in [0, 0.1) is 20.8 Å². The average molecular weight is 439 g/mol. The second-order valence-corrected chi connectivity index (χ2v) is 9.88. The zero-order valence-corrected chi connectivity index (χ0v) is 20.2. The summed E-state index contributed by atoms with van der Waals surface area (Å²) in [7, 11) is 0. The third-order valence-electron chi connectivity index (χ3n) is 7.61. The number of allylic oxidation sites excluding steroid dienone is 3. The van der Waals surface area contributed by atoms with E-state index in [1.807, 2.05) is 6.92 Å². The lowest BCUT2D eigenvalue weighted by Crippen LogP contribution is -2.50. The lowest BCUT2D eigenvalue weighted by Gasteiger charge is -2.31. The molecule has 3 aromatic rings. The number of benzene rings is 1. The van der Waals surface area contributed by atoms with E-state index in [2.05, 4.69) is 91.3 Å². The summed E-state index contributed by atoms with van der Waals surface area (Å²) in [5.74, 6) is 0.822. The molecule has 2 aromatic heterocycles. The zero-order valence-electron chi connectivity index (χ0n) is 20.2. The van der Waals surface area contributed by atoms with E-state index in [0.717, 1.165) is 42.6 Å². The summed E-state index contributed by atoms with van der Waals surface area (Å²) in [4.78, 5) is 0. The predicted octanol–water partition coefficient (Wildman–Crippen LogP) is 6.53. The zero-order chi connectivity index (χ0) is 23.3. The van der Waals surface area contributed by atoms with Gasteiger partial charge >= 0.3 is 0 Å². The number of rotatable bonds is 0. The summed E-state index contributed by atoms with van der Waals surface area (Å²) in [5, 5.41) is 10.6. The molecule has 0 aliphatic carbocycles. The molecular formula is C30H34N2O+2. The largest absolute Gasteiger partial charge is 0.512 e. The number of nitrogens with zero attached hydrogens (tertiary/aromatic N) is 2. The van der Waals surface area contributed by atoms with E-state index < -0.39 is 0 Å². The van der Waals surface area contributed by atoms with Gasteiger partial charge in [-0.05, 0) is 76.8 Å². The third-order valence-corrected chi connectivity index (χ3v) is 7.61. The van der Waals surface area contributed by atoms with Crippen LogP contribution >= 0.6 is 0 Å². The van der Waals surface area contributed by atoms with Gasteiger partial charge in [-0.3, -0.25) is 0 Å². The number of fused-ring (bicyclic) bond motifs is 7. The highest BCUT2D eigenvalue weighted by molar-refractivity contribution is 5.65. The standard InChI is InChI=1S/C30H33N2O/c1-19-13-14-28-26-10-7-6-9-25(26)27-12-8-11-24(23(5)33)29-15-20(2)21(3)18-31(29)22(4)16-30(27)32(28)17-19/h6-7,9-10,13-15,17-18,27,30H,4,8,11-12,16H2,1-3,5H3/q+1/p+1. The van der Waals surface area contributed by atoms with Gasteiger partial charge in [0, 0.05) is 34.7 Å². The molecule has 1 aromatic carbocycles. The Kier molecular flexibility index (Phi) is 5.44. The van der Waals surface area contributed by atoms with Crippen molar-refractivity contribution in [2.24, 2.45) is 0 Å². The Bertz CT molecular complexity index is 1300. The molecule has 5 rings (SSSR count). The van der Waals surface area contributed by atoms with Crippen LogP contribution in [0.4, 0.5) is 0 Å². The highest BCUT2D eigenvalue weighted by atomic mass is 16.3. The maximum Gasteiger partial charge on any atom is 0.217 e. The number of hydrogen-bond acceptors (Lipinski definition) is 1. The van der Waals surface area contributed by atoms with Crippen LogP contribution in [-0.4, -0.2) is 5.11 Å². The van der Waals surface area contributed by atoms with Gasteiger partial charge in [-0.2, -0.15) is 9.13 Å². The van der Waals surface area contributed by atoms with Crippen LogP contribution in [0.3, 0.4) is 0 Å². The normalized spacial score (nSPS) is 21.4. The Morgan fingerprint density at radius 3 is 2.58 bits per heavy atom. The number of hydrogen-bond donors (Lipinski definition) is 1. The summed E-state index contributed by atoms with van der Waals surface area (Å²) in [5.41, 5.74) is 11.0. The van der Waals surface area contributed by atoms with Crippen molar-refractivity contribution in [3.8, 4) is 11.3 Å². The van der Waals surface area contributed by atoms with Gasteiger partial charge < -0.3 is 5.11 Å². The van der Waals surface area contributed by atoms with Crippen molar-refractivity contribution < 1.29 is 14.2 Å². The fourth-order valence-corrected chi connectivity index (χ4v) is 5.76. The molecule has 33 heavy (non-hydrogen) atoms. The molecule has 0 bridgehead atoms. The Morgan fingerprint density at radius 1 is 1.00 bits per heavy atom.